The Bertz CT molecular complexity index is 621. The molecule has 4 heteroatoms. The van der Waals surface area contributed by atoms with Crippen molar-refractivity contribution < 1.29 is 19.1 Å². The first kappa shape index (κ1) is 26.2. The van der Waals surface area contributed by atoms with Gasteiger partial charge in [0.05, 0.1) is 6.61 Å². The summed E-state index contributed by atoms with van der Waals surface area (Å²) in [5.74, 6) is -0.642. The average Bonchev–Trinajstić information content (AvgIpc) is 2.74. The van der Waals surface area contributed by atoms with Gasteiger partial charge in [-0.25, -0.2) is 0 Å². The highest BCUT2D eigenvalue weighted by atomic mass is 16.6. The van der Waals surface area contributed by atoms with E-state index in [2.05, 4.69) is 6.92 Å². The van der Waals surface area contributed by atoms with E-state index in [1.54, 1.807) is 19.9 Å². The van der Waals surface area contributed by atoms with E-state index in [4.69, 9.17) is 9.47 Å². The average molecular weight is 419 g/mol. The number of hydrogen-bond acceptors (Lipinski definition) is 4. The Balaban J connectivity index is 2.18. The summed E-state index contributed by atoms with van der Waals surface area (Å²) in [7, 11) is 0. The fourth-order valence-corrected chi connectivity index (χ4v) is 3.26. The highest BCUT2D eigenvalue weighted by molar-refractivity contribution is 5.99. The Morgan fingerprint density at radius 3 is 1.93 bits per heavy atom. The summed E-state index contributed by atoms with van der Waals surface area (Å²) in [6.07, 6.45) is 14.5. The van der Waals surface area contributed by atoms with E-state index in [0.717, 1.165) is 24.8 Å². The molecule has 1 aromatic carbocycles. The number of carbonyl (C=O) groups excluding carboxylic acids is 2. The normalized spacial score (nSPS) is 11.3. The third-order valence-electron chi connectivity index (χ3n) is 5.52. The van der Waals surface area contributed by atoms with Gasteiger partial charge in [-0.15, -0.1) is 0 Å². The molecule has 0 heterocycles. The largest absolute Gasteiger partial charge is 0.465 e. The number of ether oxygens (including phenoxy) is 2. The van der Waals surface area contributed by atoms with Crippen molar-refractivity contribution in [2.45, 2.75) is 105 Å². The summed E-state index contributed by atoms with van der Waals surface area (Å²) in [5.41, 5.74) is -0.239. The molecule has 0 aromatic heterocycles. The lowest BCUT2D eigenvalue weighted by Gasteiger charge is -2.20. The highest BCUT2D eigenvalue weighted by Gasteiger charge is 2.39. The number of rotatable bonds is 16. The second-order valence-electron chi connectivity index (χ2n) is 8.69. The quantitative estimate of drug-likeness (QED) is 0.125. The highest BCUT2D eigenvalue weighted by Crippen LogP contribution is 2.23. The number of benzene rings is 1. The van der Waals surface area contributed by atoms with Crippen molar-refractivity contribution in [1.29, 1.82) is 0 Å². The van der Waals surface area contributed by atoms with E-state index in [1.807, 2.05) is 25.1 Å². The van der Waals surface area contributed by atoms with Crippen LogP contribution < -0.4 is 4.74 Å². The molecule has 1 aromatic rings. The van der Waals surface area contributed by atoms with Crippen LogP contribution in [0.5, 0.6) is 5.75 Å². The molecule has 0 radical (unpaired) electrons. The van der Waals surface area contributed by atoms with Crippen molar-refractivity contribution in [3.8, 4) is 5.75 Å². The Morgan fingerprint density at radius 1 is 0.800 bits per heavy atom. The molecule has 0 saturated carbocycles. The van der Waals surface area contributed by atoms with Gasteiger partial charge in [-0.2, -0.15) is 0 Å². The van der Waals surface area contributed by atoms with Crippen molar-refractivity contribution in [2.24, 2.45) is 5.41 Å². The van der Waals surface area contributed by atoms with Gasteiger partial charge in [-0.3, -0.25) is 9.59 Å². The fraction of sp³-hybridized carbons (Fsp3) is 0.692. The van der Waals surface area contributed by atoms with Crippen LogP contribution in [0.1, 0.15) is 104 Å². The Hall–Kier alpha value is -1.84. The number of hydrogen-bond donors (Lipinski definition) is 0. The molecule has 0 amide bonds. The van der Waals surface area contributed by atoms with E-state index in [9.17, 15) is 9.59 Å². The molecule has 1 rings (SSSR count). The van der Waals surface area contributed by atoms with E-state index >= 15 is 0 Å². The van der Waals surface area contributed by atoms with E-state index in [-0.39, 0.29) is 0 Å². The van der Waals surface area contributed by atoms with Gasteiger partial charge >= 0.3 is 11.9 Å². The first-order chi connectivity index (χ1) is 14.4. The summed E-state index contributed by atoms with van der Waals surface area (Å²) in [6, 6.07) is 7.37. The third kappa shape index (κ3) is 10.3. The lowest BCUT2D eigenvalue weighted by molar-refractivity contribution is -0.164. The van der Waals surface area contributed by atoms with Gasteiger partial charge < -0.3 is 9.47 Å². The molecule has 0 aliphatic heterocycles. The third-order valence-corrected chi connectivity index (χ3v) is 5.52. The molecule has 0 aliphatic rings. The van der Waals surface area contributed by atoms with E-state index in [1.165, 1.54) is 57.8 Å². The molecular formula is C26H42O4. The van der Waals surface area contributed by atoms with Crippen LogP contribution in [-0.2, 0) is 20.7 Å². The standard InChI is InChI=1S/C26H42O4/c1-5-7-8-9-10-11-12-13-14-15-16-20-29-24(27)26(3,4)25(28)30-23-19-17-18-22(6-2)21-23/h17-19,21H,5-16,20H2,1-4H3. The van der Waals surface area contributed by atoms with E-state index in [0.29, 0.717) is 12.4 Å². The summed E-state index contributed by atoms with van der Waals surface area (Å²) in [5, 5.41) is 0. The molecule has 0 spiro atoms. The zero-order valence-corrected chi connectivity index (χ0v) is 19.6. The Labute approximate surface area is 183 Å². The minimum Gasteiger partial charge on any atom is -0.465 e. The number of carbonyl (C=O) groups is 2. The maximum Gasteiger partial charge on any atom is 0.328 e. The molecule has 170 valence electrons. The first-order valence-corrected chi connectivity index (χ1v) is 11.9. The van der Waals surface area contributed by atoms with Gasteiger partial charge in [-0.05, 0) is 44.4 Å². The SMILES string of the molecule is CCCCCCCCCCCCCOC(=O)C(C)(C)C(=O)Oc1cccc(CC)c1. The first-order valence-electron chi connectivity index (χ1n) is 11.9. The molecule has 0 unspecified atom stereocenters. The van der Waals surface area contributed by atoms with E-state index < -0.39 is 17.4 Å². The maximum atomic E-state index is 12.5. The molecule has 0 saturated heterocycles. The van der Waals surface area contributed by atoms with Crippen LogP contribution in [-0.4, -0.2) is 18.5 Å². The minimum absolute atomic E-state index is 0.359. The molecule has 30 heavy (non-hydrogen) atoms. The summed E-state index contributed by atoms with van der Waals surface area (Å²) in [6.45, 7) is 7.76. The lowest BCUT2D eigenvalue weighted by atomic mass is 9.94. The van der Waals surface area contributed by atoms with Gasteiger partial charge in [0, 0.05) is 0 Å². The number of aryl methyl sites for hydroxylation is 1. The van der Waals surface area contributed by atoms with Crippen molar-refractivity contribution in [1.82, 2.24) is 0 Å². The predicted octanol–water partition coefficient (Wildman–Crippen LogP) is 7.03. The summed E-state index contributed by atoms with van der Waals surface area (Å²) < 4.78 is 10.8. The Morgan fingerprint density at radius 2 is 1.37 bits per heavy atom. The van der Waals surface area contributed by atoms with Crippen LogP contribution in [0.3, 0.4) is 0 Å². The smallest absolute Gasteiger partial charge is 0.328 e. The molecule has 0 bridgehead atoms. The van der Waals surface area contributed by atoms with Crippen molar-refractivity contribution >= 4 is 11.9 Å². The van der Waals surface area contributed by atoms with Crippen LogP contribution in [0.4, 0.5) is 0 Å². The summed E-state index contributed by atoms with van der Waals surface area (Å²) >= 11 is 0. The van der Waals surface area contributed by atoms with Crippen molar-refractivity contribution in [3.63, 3.8) is 0 Å². The van der Waals surface area contributed by atoms with Crippen LogP contribution in [0.25, 0.3) is 0 Å². The fourth-order valence-electron chi connectivity index (χ4n) is 3.26. The second kappa shape index (κ2) is 15.0. The van der Waals surface area contributed by atoms with Gasteiger partial charge in [0.25, 0.3) is 0 Å². The topological polar surface area (TPSA) is 52.6 Å². The maximum absolute atomic E-state index is 12.5. The summed E-state index contributed by atoms with van der Waals surface area (Å²) in [4.78, 5) is 24.8. The van der Waals surface area contributed by atoms with Crippen LogP contribution in [0, 0.1) is 5.41 Å². The van der Waals surface area contributed by atoms with Gasteiger partial charge in [-0.1, -0.05) is 90.2 Å². The van der Waals surface area contributed by atoms with Crippen LogP contribution >= 0.6 is 0 Å². The van der Waals surface area contributed by atoms with Crippen LogP contribution in [0.2, 0.25) is 0 Å². The second-order valence-corrected chi connectivity index (χ2v) is 8.69. The van der Waals surface area contributed by atoms with Crippen LogP contribution in [0.15, 0.2) is 24.3 Å². The van der Waals surface area contributed by atoms with Crippen molar-refractivity contribution in [3.05, 3.63) is 29.8 Å². The molecule has 0 fully saturated rings. The molecule has 0 N–H and O–H groups in total. The van der Waals surface area contributed by atoms with Gasteiger partial charge in [0.15, 0.2) is 5.41 Å². The van der Waals surface area contributed by atoms with Gasteiger partial charge in [0.1, 0.15) is 5.75 Å². The molecule has 0 aliphatic carbocycles. The Kier molecular flexibility index (Phi) is 13.1. The zero-order valence-electron chi connectivity index (χ0n) is 19.6. The molecule has 0 atom stereocenters. The molecular weight excluding hydrogens is 376 g/mol. The minimum atomic E-state index is -1.32. The zero-order chi connectivity index (χ0) is 22.2. The van der Waals surface area contributed by atoms with Crippen molar-refractivity contribution in [2.75, 3.05) is 6.61 Å². The monoisotopic (exact) mass is 418 g/mol. The number of unbranched alkanes of at least 4 members (excludes halogenated alkanes) is 10. The predicted molar refractivity (Wildman–Crippen MR) is 123 cm³/mol. The molecule has 4 nitrogen and oxygen atoms in total. The van der Waals surface area contributed by atoms with Gasteiger partial charge in [0.2, 0.25) is 0 Å². The lowest BCUT2D eigenvalue weighted by Crippen LogP contribution is -2.38. The number of esters is 2.